The van der Waals surface area contributed by atoms with Crippen LogP contribution in [0.5, 0.6) is 0 Å². The van der Waals surface area contributed by atoms with Crippen LogP contribution in [0.25, 0.3) is 5.57 Å². The normalized spacial score (nSPS) is 18.8. The van der Waals surface area contributed by atoms with Gasteiger partial charge in [-0.25, -0.2) is 0 Å². The molecule has 0 aromatic heterocycles. The molecule has 1 N–H and O–H groups in total. The standard InChI is InChI=1S/C17H22N2O/c20-17(13-18-12-14-6-7-14)19-10-8-16(9-11-19)15-4-2-1-3-5-15/h1-5,8,14,18H,6-7,9-13H2. The van der Waals surface area contributed by atoms with Crippen molar-refractivity contribution in [2.24, 2.45) is 5.92 Å². The summed E-state index contributed by atoms with van der Waals surface area (Å²) in [5.74, 6) is 1.06. The highest BCUT2D eigenvalue weighted by Crippen LogP contribution is 2.27. The fourth-order valence-corrected chi connectivity index (χ4v) is 2.63. The second-order valence-electron chi connectivity index (χ2n) is 5.76. The van der Waals surface area contributed by atoms with Gasteiger partial charge in [-0.2, -0.15) is 0 Å². The first-order valence-corrected chi connectivity index (χ1v) is 7.56. The average Bonchev–Trinajstić information content (AvgIpc) is 3.32. The average molecular weight is 270 g/mol. The van der Waals surface area contributed by atoms with Gasteiger partial charge < -0.3 is 10.2 Å². The molecule has 106 valence electrons. The number of carbonyl (C=O) groups is 1. The fraction of sp³-hybridized carbons (Fsp3) is 0.471. The van der Waals surface area contributed by atoms with E-state index in [1.807, 2.05) is 11.0 Å². The minimum atomic E-state index is 0.231. The zero-order valence-corrected chi connectivity index (χ0v) is 11.8. The number of carbonyl (C=O) groups excluding carboxylic acids is 1. The lowest BCUT2D eigenvalue weighted by Gasteiger charge is -2.27. The molecule has 3 heteroatoms. The summed E-state index contributed by atoms with van der Waals surface area (Å²) in [5, 5.41) is 3.28. The van der Waals surface area contributed by atoms with Crippen LogP contribution < -0.4 is 5.32 Å². The molecule has 1 saturated carbocycles. The SMILES string of the molecule is O=C(CNCC1CC1)N1CC=C(c2ccccc2)CC1. The van der Waals surface area contributed by atoms with Gasteiger partial charge in [0, 0.05) is 13.1 Å². The lowest BCUT2D eigenvalue weighted by atomic mass is 9.99. The topological polar surface area (TPSA) is 32.3 Å². The Bertz CT molecular complexity index is 491. The molecule has 3 nitrogen and oxygen atoms in total. The predicted molar refractivity (Wildman–Crippen MR) is 81.2 cm³/mol. The zero-order valence-electron chi connectivity index (χ0n) is 11.8. The number of rotatable bonds is 5. The van der Waals surface area contributed by atoms with Gasteiger partial charge in [0.05, 0.1) is 6.54 Å². The van der Waals surface area contributed by atoms with Crippen molar-refractivity contribution in [3.8, 4) is 0 Å². The Kier molecular flexibility index (Phi) is 4.16. The summed E-state index contributed by atoms with van der Waals surface area (Å²) in [6.45, 7) is 3.08. The van der Waals surface area contributed by atoms with Gasteiger partial charge in [-0.05, 0) is 42.9 Å². The molecule has 0 atom stereocenters. The molecule has 1 fully saturated rings. The van der Waals surface area contributed by atoms with E-state index in [0.717, 1.165) is 32.0 Å². The molecule has 0 unspecified atom stereocenters. The zero-order chi connectivity index (χ0) is 13.8. The summed E-state index contributed by atoms with van der Waals surface area (Å²) in [5.41, 5.74) is 2.65. The van der Waals surface area contributed by atoms with Crippen LogP contribution in [-0.4, -0.2) is 37.0 Å². The fourth-order valence-electron chi connectivity index (χ4n) is 2.63. The molecule has 3 rings (SSSR count). The first-order chi connectivity index (χ1) is 9.83. The third kappa shape index (κ3) is 3.48. The molecule has 1 aliphatic heterocycles. The third-order valence-corrected chi connectivity index (χ3v) is 4.11. The summed E-state index contributed by atoms with van der Waals surface area (Å²) in [6, 6.07) is 10.4. The summed E-state index contributed by atoms with van der Waals surface area (Å²) in [6.07, 6.45) is 5.80. The van der Waals surface area contributed by atoms with Gasteiger partial charge in [0.1, 0.15) is 0 Å². The Morgan fingerprint density at radius 1 is 1.25 bits per heavy atom. The highest BCUT2D eigenvalue weighted by atomic mass is 16.2. The maximum Gasteiger partial charge on any atom is 0.236 e. The van der Waals surface area contributed by atoms with Crippen molar-refractivity contribution in [3.05, 3.63) is 42.0 Å². The van der Waals surface area contributed by atoms with Crippen LogP contribution in [0.15, 0.2) is 36.4 Å². The predicted octanol–water partition coefficient (Wildman–Crippen LogP) is 2.30. The lowest BCUT2D eigenvalue weighted by Crippen LogP contribution is -2.40. The minimum Gasteiger partial charge on any atom is -0.338 e. The summed E-state index contributed by atoms with van der Waals surface area (Å²) >= 11 is 0. The molecular formula is C17H22N2O. The molecule has 2 aliphatic rings. The van der Waals surface area contributed by atoms with E-state index in [4.69, 9.17) is 0 Å². The molecule has 1 amide bonds. The number of nitrogens with zero attached hydrogens (tertiary/aromatic N) is 1. The van der Waals surface area contributed by atoms with Crippen molar-refractivity contribution in [1.82, 2.24) is 10.2 Å². The molecule has 0 spiro atoms. The molecule has 20 heavy (non-hydrogen) atoms. The van der Waals surface area contributed by atoms with Gasteiger partial charge in [-0.3, -0.25) is 4.79 Å². The molecule has 1 aromatic rings. The van der Waals surface area contributed by atoms with Gasteiger partial charge in [-0.15, -0.1) is 0 Å². The number of hydrogen-bond donors (Lipinski definition) is 1. The molecular weight excluding hydrogens is 248 g/mol. The van der Waals surface area contributed by atoms with E-state index < -0.39 is 0 Å². The van der Waals surface area contributed by atoms with Crippen LogP contribution in [0.2, 0.25) is 0 Å². The second-order valence-corrected chi connectivity index (χ2v) is 5.76. The number of nitrogens with one attached hydrogen (secondary N) is 1. The van der Waals surface area contributed by atoms with Crippen molar-refractivity contribution < 1.29 is 4.79 Å². The molecule has 0 saturated heterocycles. The van der Waals surface area contributed by atoms with Gasteiger partial charge in [-0.1, -0.05) is 36.4 Å². The minimum absolute atomic E-state index is 0.231. The van der Waals surface area contributed by atoms with Crippen molar-refractivity contribution in [2.45, 2.75) is 19.3 Å². The van der Waals surface area contributed by atoms with E-state index in [1.165, 1.54) is 24.0 Å². The van der Waals surface area contributed by atoms with Crippen LogP contribution in [0.1, 0.15) is 24.8 Å². The third-order valence-electron chi connectivity index (χ3n) is 4.11. The van der Waals surface area contributed by atoms with Gasteiger partial charge >= 0.3 is 0 Å². The molecule has 0 bridgehead atoms. The molecule has 1 aromatic carbocycles. The Labute approximate surface area is 120 Å². The molecule has 1 heterocycles. The number of amides is 1. The summed E-state index contributed by atoms with van der Waals surface area (Å²) < 4.78 is 0. The van der Waals surface area contributed by atoms with E-state index in [1.54, 1.807) is 0 Å². The van der Waals surface area contributed by atoms with E-state index in [9.17, 15) is 4.79 Å². The van der Waals surface area contributed by atoms with E-state index in [0.29, 0.717) is 6.54 Å². The van der Waals surface area contributed by atoms with Gasteiger partial charge in [0.25, 0.3) is 0 Å². The summed E-state index contributed by atoms with van der Waals surface area (Å²) in [7, 11) is 0. The van der Waals surface area contributed by atoms with Gasteiger partial charge in [0.2, 0.25) is 5.91 Å². The highest BCUT2D eigenvalue weighted by Gasteiger charge is 2.22. The molecule has 0 radical (unpaired) electrons. The van der Waals surface area contributed by atoms with Crippen LogP contribution in [0, 0.1) is 5.92 Å². The monoisotopic (exact) mass is 270 g/mol. The highest BCUT2D eigenvalue weighted by molar-refractivity contribution is 5.80. The van der Waals surface area contributed by atoms with Crippen molar-refractivity contribution in [1.29, 1.82) is 0 Å². The van der Waals surface area contributed by atoms with E-state index in [2.05, 4.69) is 35.7 Å². The Morgan fingerprint density at radius 2 is 2.05 bits per heavy atom. The molecule has 1 aliphatic carbocycles. The van der Waals surface area contributed by atoms with E-state index >= 15 is 0 Å². The first kappa shape index (κ1) is 13.4. The van der Waals surface area contributed by atoms with Crippen molar-refractivity contribution in [3.63, 3.8) is 0 Å². The van der Waals surface area contributed by atoms with Crippen LogP contribution in [-0.2, 0) is 4.79 Å². The maximum absolute atomic E-state index is 12.1. The largest absolute Gasteiger partial charge is 0.338 e. The second kappa shape index (κ2) is 6.23. The Morgan fingerprint density at radius 3 is 2.70 bits per heavy atom. The number of hydrogen-bond acceptors (Lipinski definition) is 2. The Balaban J connectivity index is 1.49. The lowest BCUT2D eigenvalue weighted by molar-refractivity contribution is -0.129. The number of benzene rings is 1. The maximum atomic E-state index is 12.1. The quantitative estimate of drug-likeness (QED) is 0.890. The van der Waals surface area contributed by atoms with Crippen molar-refractivity contribution >= 4 is 11.5 Å². The Hall–Kier alpha value is -1.61. The van der Waals surface area contributed by atoms with Crippen molar-refractivity contribution in [2.75, 3.05) is 26.2 Å². The summed E-state index contributed by atoms with van der Waals surface area (Å²) in [4.78, 5) is 14.0. The van der Waals surface area contributed by atoms with Crippen LogP contribution in [0.4, 0.5) is 0 Å². The van der Waals surface area contributed by atoms with E-state index in [-0.39, 0.29) is 5.91 Å². The van der Waals surface area contributed by atoms with Crippen LogP contribution in [0.3, 0.4) is 0 Å². The smallest absolute Gasteiger partial charge is 0.236 e. The van der Waals surface area contributed by atoms with Gasteiger partial charge in [0.15, 0.2) is 0 Å². The first-order valence-electron chi connectivity index (χ1n) is 7.56. The van der Waals surface area contributed by atoms with Crippen LogP contribution >= 0.6 is 0 Å².